The molecular weight excluding hydrogens is 342 g/mol. The maximum absolute atomic E-state index is 4.91. The molecule has 3 aromatic heterocycles. The van der Waals surface area contributed by atoms with E-state index in [0.29, 0.717) is 5.92 Å². The highest BCUT2D eigenvalue weighted by atomic mass is 32.1. The van der Waals surface area contributed by atoms with Gasteiger partial charge in [-0.3, -0.25) is 0 Å². The molecule has 3 heterocycles. The summed E-state index contributed by atoms with van der Waals surface area (Å²) in [4.78, 5) is 12.1. The molecule has 1 aliphatic rings. The van der Waals surface area contributed by atoms with Gasteiger partial charge in [-0.05, 0) is 42.7 Å². The van der Waals surface area contributed by atoms with Crippen LogP contribution in [0.5, 0.6) is 0 Å². The number of anilines is 1. The van der Waals surface area contributed by atoms with Gasteiger partial charge in [-0.25, -0.2) is 9.97 Å². The molecule has 5 rings (SSSR count). The van der Waals surface area contributed by atoms with Crippen molar-refractivity contribution in [2.24, 2.45) is 0 Å². The van der Waals surface area contributed by atoms with Crippen molar-refractivity contribution in [1.82, 2.24) is 19.6 Å². The number of rotatable bonds is 4. The molecule has 26 heavy (non-hydrogen) atoms. The number of benzene rings is 1. The fourth-order valence-electron chi connectivity index (χ4n) is 3.98. The Hall–Kier alpha value is -2.47. The van der Waals surface area contributed by atoms with Crippen LogP contribution in [0.25, 0.3) is 15.9 Å². The summed E-state index contributed by atoms with van der Waals surface area (Å²) in [6.07, 6.45) is 6.27. The van der Waals surface area contributed by atoms with Crippen molar-refractivity contribution in [3.05, 3.63) is 52.7 Å². The molecule has 6 heteroatoms. The summed E-state index contributed by atoms with van der Waals surface area (Å²) in [6.45, 7) is 3.14. The molecule has 0 spiro atoms. The van der Waals surface area contributed by atoms with Crippen LogP contribution < -0.4 is 5.32 Å². The van der Waals surface area contributed by atoms with Gasteiger partial charge in [0.25, 0.3) is 0 Å². The van der Waals surface area contributed by atoms with Crippen LogP contribution in [0.15, 0.2) is 36.7 Å². The van der Waals surface area contributed by atoms with Crippen LogP contribution in [-0.2, 0) is 12.8 Å². The second kappa shape index (κ2) is 6.36. The first kappa shape index (κ1) is 15.8. The molecule has 1 N–H and O–H groups in total. The van der Waals surface area contributed by atoms with Gasteiger partial charge in [-0.1, -0.05) is 37.3 Å². The molecule has 0 saturated heterocycles. The number of aromatic nitrogens is 4. The lowest BCUT2D eigenvalue weighted by atomic mass is 9.87. The van der Waals surface area contributed by atoms with Gasteiger partial charge in [-0.2, -0.15) is 9.61 Å². The summed E-state index contributed by atoms with van der Waals surface area (Å²) in [5, 5.41) is 9.11. The first-order valence-corrected chi connectivity index (χ1v) is 10.1. The number of fused-ring (bicyclic) bond motifs is 5. The molecule has 0 amide bonds. The standard InChI is InChI=1S/C20H21N5S/c1-13-6-5-9-15-16(13)17-18-22-12-23-25(18)20(24-19(17)26-15)21-11-10-14-7-3-2-4-8-14/h2-4,7-8,12-13H,5-6,9-11H2,1H3,(H,21,24)/t13-/m0/s1. The zero-order valence-electron chi connectivity index (χ0n) is 14.8. The Kier molecular flexibility index (Phi) is 3.85. The Labute approximate surface area is 156 Å². The highest BCUT2D eigenvalue weighted by Gasteiger charge is 2.25. The van der Waals surface area contributed by atoms with Crippen molar-refractivity contribution in [1.29, 1.82) is 0 Å². The lowest BCUT2D eigenvalue weighted by molar-refractivity contribution is 0.602. The number of thiophene rings is 1. The highest BCUT2D eigenvalue weighted by Crippen LogP contribution is 2.43. The summed E-state index contributed by atoms with van der Waals surface area (Å²) < 4.78 is 1.86. The van der Waals surface area contributed by atoms with Crippen molar-refractivity contribution in [2.75, 3.05) is 11.9 Å². The monoisotopic (exact) mass is 363 g/mol. The topological polar surface area (TPSA) is 55.1 Å². The predicted octanol–water partition coefficient (Wildman–Crippen LogP) is 4.43. The van der Waals surface area contributed by atoms with E-state index in [2.05, 4.69) is 46.6 Å². The van der Waals surface area contributed by atoms with E-state index < -0.39 is 0 Å². The number of hydrogen-bond acceptors (Lipinski definition) is 5. The molecule has 132 valence electrons. The molecule has 1 atom stereocenters. The Morgan fingerprint density at radius 3 is 3.04 bits per heavy atom. The molecule has 0 radical (unpaired) electrons. The Morgan fingerprint density at radius 1 is 1.27 bits per heavy atom. The lowest BCUT2D eigenvalue weighted by Crippen LogP contribution is -2.11. The molecule has 4 aromatic rings. The molecule has 5 nitrogen and oxygen atoms in total. The maximum atomic E-state index is 4.91. The zero-order chi connectivity index (χ0) is 17.5. The van der Waals surface area contributed by atoms with Gasteiger partial charge in [0.1, 0.15) is 11.2 Å². The summed E-state index contributed by atoms with van der Waals surface area (Å²) >= 11 is 1.83. The Morgan fingerprint density at radius 2 is 2.15 bits per heavy atom. The largest absolute Gasteiger partial charge is 0.354 e. The van der Waals surface area contributed by atoms with Crippen LogP contribution >= 0.6 is 11.3 Å². The number of hydrogen-bond donors (Lipinski definition) is 1. The third kappa shape index (κ3) is 2.56. The van der Waals surface area contributed by atoms with Gasteiger partial charge in [0.2, 0.25) is 5.95 Å². The van der Waals surface area contributed by atoms with E-state index in [9.17, 15) is 0 Å². The summed E-state index contributed by atoms with van der Waals surface area (Å²) in [7, 11) is 0. The molecule has 0 unspecified atom stereocenters. The van der Waals surface area contributed by atoms with Crippen molar-refractivity contribution >= 4 is 33.1 Å². The molecule has 0 fully saturated rings. The van der Waals surface area contributed by atoms with Crippen LogP contribution in [0.1, 0.15) is 41.7 Å². The van der Waals surface area contributed by atoms with E-state index >= 15 is 0 Å². The van der Waals surface area contributed by atoms with Gasteiger partial charge >= 0.3 is 0 Å². The van der Waals surface area contributed by atoms with Crippen molar-refractivity contribution in [3.8, 4) is 0 Å². The van der Waals surface area contributed by atoms with Crippen LogP contribution in [0, 0.1) is 0 Å². The average Bonchev–Trinajstić information content (AvgIpc) is 3.27. The van der Waals surface area contributed by atoms with Gasteiger partial charge in [-0.15, -0.1) is 11.3 Å². The van der Waals surface area contributed by atoms with Crippen LogP contribution in [0.2, 0.25) is 0 Å². The SMILES string of the molecule is C[C@H]1CCCc2sc3nc(NCCc4ccccc4)n4ncnc4c3c21. The van der Waals surface area contributed by atoms with Gasteiger partial charge in [0.05, 0.1) is 5.39 Å². The Balaban J connectivity index is 1.53. The van der Waals surface area contributed by atoms with Crippen molar-refractivity contribution in [3.63, 3.8) is 0 Å². The smallest absolute Gasteiger partial charge is 0.227 e. The van der Waals surface area contributed by atoms with E-state index in [1.807, 2.05) is 21.9 Å². The summed E-state index contributed by atoms with van der Waals surface area (Å²) in [5.41, 5.74) is 3.71. The minimum atomic E-state index is 0.576. The molecule has 0 bridgehead atoms. The highest BCUT2D eigenvalue weighted by molar-refractivity contribution is 7.19. The van der Waals surface area contributed by atoms with Crippen LogP contribution in [0.3, 0.4) is 0 Å². The van der Waals surface area contributed by atoms with Gasteiger partial charge in [0, 0.05) is 11.4 Å². The third-order valence-corrected chi connectivity index (χ3v) is 6.42. The fourth-order valence-corrected chi connectivity index (χ4v) is 5.31. The average molecular weight is 363 g/mol. The number of nitrogens with zero attached hydrogens (tertiary/aromatic N) is 4. The van der Waals surface area contributed by atoms with Crippen LogP contribution in [0.4, 0.5) is 5.95 Å². The van der Waals surface area contributed by atoms with E-state index in [-0.39, 0.29) is 0 Å². The van der Waals surface area contributed by atoms with Crippen molar-refractivity contribution < 1.29 is 0 Å². The molecule has 0 saturated carbocycles. The van der Waals surface area contributed by atoms with Crippen molar-refractivity contribution in [2.45, 2.75) is 38.5 Å². The first-order valence-electron chi connectivity index (χ1n) is 9.24. The minimum absolute atomic E-state index is 0.576. The second-order valence-electron chi connectivity index (χ2n) is 7.01. The molecule has 1 aromatic carbocycles. The predicted molar refractivity (Wildman–Crippen MR) is 106 cm³/mol. The van der Waals surface area contributed by atoms with E-state index in [4.69, 9.17) is 4.98 Å². The quantitative estimate of drug-likeness (QED) is 0.583. The fraction of sp³-hybridized carbons (Fsp3) is 0.350. The van der Waals surface area contributed by atoms with Gasteiger partial charge in [0.15, 0.2) is 5.65 Å². The summed E-state index contributed by atoms with van der Waals surface area (Å²) in [5.74, 6) is 1.36. The zero-order valence-corrected chi connectivity index (χ0v) is 15.6. The van der Waals surface area contributed by atoms with Crippen LogP contribution in [-0.4, -0.2) is 26.1 Å². The van der Waals surface area contributed by atoms with E-state index in [1.165, 1.54) is 34.2 Å². The summed E-state index contributed by atoms with van der Waals surface area (Å²) in [6, 6.07) is 10.5. The maximum Gasteiger partial charge on any atom is 0.227 e. The lowest BCUT2D eigenvalue weighted by Gasteiger charge is -2.18. The molecule has 1 aliphatic carbocycles. The Bertz CT molecular complexity index is 1070. The minimum Gasteiger partial charge on any atom is -0.354 e. The second-order valence-corrected chi connectivity index (χ2v) is 8.09. The molecular formula is C20H21N5S. The van der Waals surface area contributed by atoms with E-state index in [1.54, 1.807) is 6.33 Å². The number of nitrogens with one attached hydrogen (secondary N) is 1. The third-order valence-electron chi connectivity index (χ3n) is 5.26. The van der Waals surface area contributed by atoms with E-state index in [0.717, 1.165) is 35.8 Å². The normalized spacial score (nSPS) is 16.9. The number of aryl methyl sites for hydroxylation is 1. The van der Waals surface area contributed by atoms with Gasteiger partial charge < -0.3 is 5.32 Å². The first-order chi connectivity index (χ1) is 12.8. The molecule has 0 aliphatic heterocycles.